The minimum atomic E-state index is -0.132. The van der Waals surface area contributed by atoms with E-state index in [9.17, 15) is 4.39 Å². The fraction of sp³-hybridized carbons (Fsp3) is 0.500. The first kappa shape index (κ1) is 9.66. The van der Waals surface area contributed by atoms with Gasteiger partial charge >= 0.3 is 0 Å². The van der Waals surface area contributed by atoms with Gasteiger partial charge in [0.05, 0.1) is 0 Å². The molecule has 1 aliphatic heterocycles. The average Bonchev–Trinajstić information content (AvgIpc) is 2.29. The molecule has 1 nitrogen and oxygen atoms in total. The summed E-state index contributed by atoms with van der Waals surface area (Å²) >= 11 is 0. The van der Waals surface area contributed by atoms with E-state index >= 15 is 0 Å². The maximum absolute atomic E-state index is 13.0. The van der Waals surface area contributed by atoms with Crippen LogP contribution in [0.2, 0.25) is 0 Å². The highest BCUT2D eigenvalue weighted by atomic mass is 19.1. The molecular formula is C12H16FN. The van der Waals surface area contributed by atoms with Crippen molar-refractivity contribution < 1.29 is 4.39 Å². The van der Waals surface area contributed by atoms with Gasteiger partial charge in [-0.2, -0.15) is 0 Å². The normalized spacial score (nSPS) is 26.8. The predicted octanol–water partition coefficient (Wildman–Crippen LogP) is 2.50. The fourth-order valence-electron chi connectivity index (χ4n) is 1.95. The summed E-state index contributed by atoms with van der Waals surface area (Å²) in [5.41, 5.74) is 2.40. The molecule has 0 fully saturated rings. The summed E-state index contributed by atoms with van der Waals surface area (Å²) in [6.45, 7) is 5.21. The monoisotopic (exact) mass is 193 g/mol. The van der Waals surface area contributed by atoms with E-state index < -0.39 is 0 Å². The van der Waals surface area contributed by atoms with Gasteiger partial charge in [0.25, 0.3) is 0 Å². The zero-order valence-corrected chi connectivity index (χ0v) is 8.68. The van der Waals surface area contributed by atoms with Gasteiger partial charge in [0.2, 0.25) is 0 Å². The first-order valence-corrected chi connectivity index (χ1v) is 5.17. The van der Waals surface area contributed by atoms with Gasteiger partial charge in [-0.25, -0.2) is 4.39 Å². The van der Waals surface area contributed by atoms with Gasteiger partial charge < -0.3 is 5.32 Å². The summed E-state index contributed by atoms with van der Waals surface area (Å²) in [6, 6.07) is 5.63. The van der Waals surface area contributed by atoms with Crippen molar-refractivity contribution in [2.75, 3.05) is 0 Å². The van der Waals surface area contributed by atoms with Crippen LogP contribution in [0.25, 0.3) is 0 Å². The summed E-state index contributed by atoms with van der Waals surface area (Å²) in [7, 11) is 0. The van der Waals surface area contributed by atoms with Crippen molar-refractivity contribution in [2.45, 2.75) is 32.9 Å². The van der Waals surface area contributed by atoms with Crippen LogP contribution in [0.3, 0.4) is 0 Å². The van der Waals surface area contributed by atoms with Crippen LogP contribution >= 0.6 is 0 Å². The fourth-order valence-corrected chi connectivity index (χ4v) is 1.95. The minimum Gasteiger partial charge on any atom is -0.310 e. The number of hydrogen-bond acceptors (Lipinski definition) is 1. The zero-order valence-electron chi connectivity index (χ0n) is 8.68. The second kappa shape index (κ2) is 3.70. The molecular weight excluding hydrogens is 177 g/mol. The Morgan fingerprint density at radius 2 is 2.07 bits per heavy atom. The van der Waals surface area contributed by atoms with Gasteiger partial charge in [-0.1, -0.05) is 13.0 Å². The summed E-state index contributed by atoms with van der Waals surface area (Å²) < 4.78 is 13.0. The molecule has 1 aromatic carbocycles. The lowest BCUT2D eigenvalue weighted by molar-refractivity contribution is 0.413. The topological polar surface area (TPSA) is 12.0 Å². The van der Waals surface area contributed by atoms with Crippen LogP contribution in [0.4, 0.5) is 4.39 Å². The van der Waals surface area contributed by atoms with Crippen LogP contribution in [0.1, 0.15) is 25.0 Å². The van der Waals surface area contributed by atoms with Crippen LogP contribution < -0.4 is 5.32 Å². The molecule has 0 spiro atoms. The van der Waals surface area contributed by atoms with Gasteiger partial charge in [0.15, 0.2) is 0 Å². The third-order valence-corrected chi connectivity index (χ3v) is 3.18. The lowest BCUT2D eigenvalue weighted by Crippen LogP contribution is -2.29. The van der Waals surface area contributed by atoms with Gasteiger partial charge in [0, 0.05) is 12.6 Å². The minimum absolute atomic E-state index is 0.132. The smallest absolute Gasteiger partial charge is 0.123 e. The maximum atomic E-state index is 13.0. The van der Waals surface area contributed by atoms with Crippen molar-refractivity contribution in [2.24, 2.45) is 5.92 Å². The molecule has 14 heavy (non-hydrogen) atoms. The Bertz CT molecular complexity index is 335. The van der Waals surface area contributed by atoms with Crippen LogP contribution in [0, 0.1) is 11.7 Å². The van der Waals surface area contributed by atoms with Crippen molar-refractivity contribution in [1.82, 2.24) is 5.32 Å². The Morgan fingerprint density at radius 1 is 1.29 bits per heavy atom. The molecule has 0 amide bonds. The van der Waals surface area contributed by atoms with Crippen LogP contribution in [-0.2, 0) is 13.0 Å². The molecule has 1 heterocycles. The average molecular weight is 193 g/mol. The molecule has 0 aromatic heterocycles. The maximum Gasteiger partial charge on any atom is 0.123 e. The standard InChI is InChI=1S/C12H16FN/c1-8-5-10-3-4-12(13)6-11(10)7-14-9(8)2/h3-4,6,8-9,14H,5,7H2,1-2H3. The molecule has 0 saturated heterocycles. The largest absolute Gasteiger partial charge is 0.310 e. The number of fused-ring (bicyclic) bond motifs is 1. The quantitative estimate of drug-likeness (QED) is 0.667. The van der Waals surface area contributed by atoms with Gasteiger partial charge in [0.1, 0.15) is 5.82 Å². The highest BCUT2D eigenvalue weighted by Crippen LogP contribution is 2.21. The van der Waals surface area contributed by atoms with Gasteiger partial charge in [-0.3, -0.25) is 0 Å². The molecule has 1 aliphatic rings. The Morgan fingerprint density at radius 3 is 2.86 bits per heavy atom. The van der Waals surface area contributed by atoms with Crippen molar-refractivity contribution in [1.29, 1.82) is 0 Å². The second-order valence-electron chi connectivity index (χ2n) is 4.26. The number of benzene rings is 1. The van der Waals surface area contributed by atoms with Crippen molar-refractivity contribution in [3.8, 4) is 0 Å². The van der Waals surface area contributed by atoms with E-state index in [1.165, 1.54) is 5.56 Å². The second-order valence-corrected chi connectivity index (χ2v) is 4.26. The van der Waals surface area contributed by atoms with Crippen molar-refractivity contribution in [3.05, 3.63) is 35.1 Å². The SMILES string of the molecule is CC1Cc2ccc(F)cc2CNC1C. The summed E-state index contributed by atoms with van der Waals surface area (Å²) in [4.78, 5) is 0. The third-order valence-electron chi connectivity index (χ3n) is 3.18. The van der Waals surface area contributed by atoms with E-state index in [0.717, 1.165) is 18.5 Å². The highest BCUT2D eigenvalue weighted by molar-refractivity contribution is 5.29. The lowest BCUT2D eigenvalue weighted by Gasteiger charge is -2.16. The molecule has 0 radical (unpaired) electrons. The van der Waals surface area contributed by atoms with Gasteiger partial charge in [-0.05, 0) is 42.5 Å². The Labute approximate surface area is 84.3 Å². The summed E-state index contributed by atoms with van der Waals surface area (Å²) in [5.74, 6) is 0.481. The summed E-state index contributed by atoms with van der Waals surface area (Å²) in [5, 5.41) is 3.41. The lowest BCUT2D eigenvalue weighted by atomic mass is 9.95. The molecule has 2 heteroatoms. The number of hydrogen-bond donors (Lipinski definition) is 1. The van der Waals surface area contributed by atoms with E-state index in [1.807, 2.05) is 6.07 Å². The van der Waals surface area contributed by atoms with Gasteiger partial charge in [-0.15, -0.1) is 0 Å². The molecule has 1 N–H and O–H groups in total. The molecule has 2 atom stereocenters. The number of rotatable bonds is 0. The summed E-state index contributed by atoms with van der Waals surface area (Å²) in [6.07, 6.45) is 1.05. The molecule has 1 aromatic rings. The Kier molecular flexibility index (Phi) is 2.55. The molecule has 76 valence electrons. The first-order chi connectivity index (χ1) is 6.66. The van der Waals surface area contributed by atoms with E-state index in [0.29, 0.717) is 12.0 Å². The van der Waals surface area contributed by atoms with Crippen molar-refractivity contribution in [3.63, 3.8) is 0 Å². The molecule has 2 rings (SSSR count). The predicted molar refractivity (Wildman–Crippen MR) is 55.6 cm³/mol. The highest BCUT2D eigenvalue weighted by Gasteiger charge is 2.18. The zero-order chi connectivity index (χ0) is 10.1. The van der Waals surface area contributed by atoms with E-state index in [4.69, 9.17) is 0 Å². The first-order valence-electron chi connectivity index (χ1n) is 5.17. The van der Waals surface area contributed by atoms with E-state index in [2.05, 4.69) is 19.2 Å². The number of halogens is 1. The van der Waals surface area contributed by atoms with E-state index in [-0.39, 0.29) is 5.82 Å². The number of nitrogens with one attached hydrogen (secondary N) is 1. The molecule has 0 saturated carbocycles. The van der Waals surface area contributed by atoms with E-state index in [1.54, 1.807) is 12.1 Å². The third kappa shape index (κ3) is 1.80. The molecule has 2 unspecified atom stereocenters. The van der Waals surface area contributed by atoms with Crippen LogP contribution in [-0.4, -0.2) is 6.04 Å². The van der Waals surface area contributed by atoms with Crippen LogP contribution in [0.5, 0.6) is 0 Å². The molecule has 0 bridgehead atoms. The Hall–Kier alpha value is -0.890. The van der Waals surface area contributed by atoms with Crippen LogP contribution in [0.15, 0.2) is 18.2 Å². The Balaban J connectivity index is 2.33. The molecule has 0 aliphatic carbocycles. The van der Waals surface area contributed by atoms with Crippen molar-refractivity contribution >= 4 is 0 Å².